The molecule has 1 aliphatic carbocycles. The maximum absolute atomic E-state index is 4.32. The van der Waals surface area contributed by atoms with E-state index in [0.717, 1.165) is 17.8 Å². The number of hydrogen-bond donors (Lipinski definition) is 0. The van der Waals surface area contributed by atoms with Crippen molar-refractivity contribution in [1.82, 2.24) is 0 Å². The van der Waals surface area contributed by atoms with Crippen molar-refractivity contribution in [3.63, 3.8) is 0 Å². The van der Waals surface area contributed by atoms with E-state index in [4.69, 9.17) is 0 Å². The Morgan fingerprint density at radius 3 is 2.58 bits per heavy atom. The Labute approximate surface area is 74.2 Å². The van der Waals surface area contributed by atoms with Gasteiger partial charge in [-0.1, -0.05) is 24.3 Å². The molecule has 0 aromatic carbocycles. The van der Waals surface area contributed by atoms with Crippen LogP contribution in [0.15, 0.2) is 40.6 Å². The van der Waals surface area contributed by atoms with Gasteiger partial charge in [0, 0.05) is 11.4 Å². The van der Waals surface area contributed by atoms with Crippen molar-refractivity contribution in [3.8, 4) is 0 Å². The average Bonchev–Trinajstić information content (AvgIpc) is 2.33. The van der Waals surface area contributed by atoms with Crippen LogP contribution in [0.25, 0.3) is 0 Å². The first-order valence-corrected chi connectivity index (χ1v) is 4.18. The molecule has 1 nitrogen and oxygen atoms in total. The van der Waals surface area contributed by atoms with Crippen LogP contribution in [0.1, 0.15) is 27.2 Å². The molecule has 0 atom stereocenters. The molecule has 0 saturated heterocycles. The van der Waals surface area contributed by atoms with E-state index in [0.29, 0.717) is 0 Å². The topological polar surface area (TPSA) is 12.4 Å². The first-order chi connectivity index (χ1) is 5.61. The lowest BCUT2D eigenvalue weighted by atomic mass is 10.1. The Morgan fingerprint density at radius 2 is 2.17 bits per heavy atom. The number of aliphatic imine (C=N–C) groups is 1. The quantitative estimate of drug-likeness (QED) is 0.551. The van der Waals surface area contributed by atoms with Gasteiger partial charge in [0.2, 0.25) is 0 Å². The van der Waals surface area contributed by atoms with Crippen LogP contribution in [-0.2, 0) is 0 Å². The predicted octanol–water partition coefficient (Wildman–Crippen LogP) is 3.26. The summed E-state index contributed by atoms with van der Waals surface area (Å²) in [6.07, 6.45) is 5.37. The molecule has 0 saturated carbocycles. The van der Waals surface area contributed by atoms with E-state index in [1.807, 2.05) is 13.8 Å². The van der Waals surface area contributed by atoms with Crippen molar-refractivity contribution < 1.29 is 0 Å². The van der Waals surface area contributed by atoms with Crippen molar-refractivity contribution in [3.05, 3.63) is 35.6 Å². The molecule has 0 spiro atoms. The largest absolute Gasteiger partial charge is 0.258 e. The van der Waals surface area contributed by atoms with E-state index in [2.05, 4.69) is 30.6 Å². The van der Waals surface area contributed by atoms with E-state index >= 15 is 0 Å². The summed E-state index contributed by atoms with van der Waals surface area (Å²) in [5.41, 5.74) is 4.62. The molecule has 0 N–H and O–H groups in total. The molecule has 0 aromatic rings. The first kappa shape index (κ1) is 8.98. The fourth-order valence-electron chi connectivity index (χ4n) is 1.38. The first-order valence-electron chi connectivity index (χ1n) is 4.18. The van der Waals surface area contributed by atoms with Crippen LogP contribution < -0.4 is 0 Å². The van der Waals surface area contributed by atoms with Crippen LogP contribution in [0, 0.1) is 0 Å². The van der Waals surface area contributed by atoms with Crippen molar-refractivity contribution in [1.29, 1.82) is 0 Å². The molecule has 1 rings (SSSR count). The zero-order valence-corrected chi connectivity index (χ0v) is 8.02. The van der Waals surface area contributed by atoms with Gasteiger partial charge in [0.1, 0.15) is 0 Å². The van der Waals surface area contributed by atoms with Crippen LogP contribution >= 0.6 is 0 Å². The zero-order valence-electron chi connectivity index (χ0n) is 8.02. The Morgan fingerprint density at radius 1 is 1.50 bits per heavy atom. The summed E-state index contributed by atoms with van der Waals surface area (Å²) in [6.45, 7) is 9.85. The van der Waals surface area contributed by atoms with Crippen LogP contribution in [0.2, 0.25) is 0 Å². The van der Waals surface area contributed by atoms with E-state index in [1.54, 1.807) is 0 Å². The van der Waals surface area contributed by atoms with Crippen LogP contribution in [0.4, 0.5) is 0 Å². The van der Waals surface area contributed by atoms with E-state index in [-0.39, 0.29) is 0 Å². The molecule has 1 heteroatoms. The molecule has 64 valence electrons. The van der Waals surface area contributed by atoms with Gasteiger partial charge in [-0.15, -0.1) is 0 Å². The highest BCUT2D eigenvalue weighted by Crippen LogP contribution is 2.19. The molecule has 0 fully saturated rings. The zero-order chi connectivity index (χ0) is 9.14. The fourth-order valence-corrected chi connectivity index (χ4v) is 1.38. The lowest BCUT2D eigenvalue weighted by Gasteiger charge is -2.01. The minimum absolute atomic E-state index is 0.869. The second-order valence-corrected chi connectivity index (χ2v) is 3.23. The Kier molecular flexibility index (Phi) is 2.64. The van der Waals surface area contributed by atoms with Gasteiger partial charge in [0.05, 0.1) is 0 Å². The summed E-state index contributed by atoms with van der Waals surface area (Å²) in [4.78, 5) is 4.32. The van der Waals surface area contributed by atoms with Gasteiger partial charge < -0.3 is 0 Å². The average molecular weight is 161 g/mol. The maximum Gasteiger partial charge on any atom is 0.0447 e. The molecular formula is C11H15N. The van der Waals surface area contributed by atoms with Crippen molar-refractivity contribution >= 4 is 5.71 Å². The summed E-state index contributed by atoms with van der Waals surface area (Å²) < 4.78 is 0. The van der Waals surface area contributed by atoms with E-state index < -0.39 is 0 Å². The fraction of sp³-hybridized carbons (Fsp3) is 0.364. The Balaban J connectivity index is 2.90. The lowest BCUT2D eigenvalue weighted by molar-refractivity contribution is 1.23. The van der Waals surface area contributed by atoms with Crippen LogP contribution in [-0.4, -0.2) is 5.71 Å². The highest BCUT2D eigenvalue weighted by atomic mass is 14.7. The molecule has 12 heavy (non-hydrogen) atoms. The standard InChI is InChI=1S/C11H15N/c1-8(2)12-10(4)11-7-5-6-9(11)3/h5,7H,1,6H2,2-4H3. The van der Waals surface area contributed by atoms with E-state index in [1.165, 1.54) is 11.1 Å². The van der Waals surface area contributed by atoms with Crippen molar-refractivity contribution in [2.75, 3.05) is 0 Å². The van der Waals surface area contributed by atoms with Gasteiger partial charge in [-0.3, -0.25) is 4.99 Å². The monoisotopic (exact) mass is 161 g/mol. The third-order valence-corrected chi connectivity index (χ3v) is 1.92. The molecule has 0 amide bonds. The highest BCUT2D eigenvalue weighted by Gasteiger charge is 2.06. The minimum Gasteiger partial charge on any atom is -0.258 e. The summed E-state index contributed by atoms with van der Waals surface area (Å²) in [6, 6.07) is 0. The predicted molar refractivity (Wildman–Crippen MR) is 54.4 cm³/mol. The SMILES string of the molecule is C=C(C)N=C(C)C1=C(C)CC=C1. The van der Waals surface area contributed by atoms with Gasteiger partial charge >= 0.3 is 0 Å². The molecular weight excluding hydrogens is 146 g/mol. The van der Waals surface area contributed by atoms with Gasteiger partial charge in [0.25, 0.3) is 0 Å². The molecule has 0 radical (unpaired) electrons. The molecule has 0 bridgehead atoms. The summed E-state index contributed by atoms with van der Waals surface area (Å²) in [7, 11) is 0. The third-order valence-electron chi connectivity index (χ3n) is 1.92. The van der Waals surface area contributed by atoms with Crippen molar-refractivity contribution in [2.24, 2.45) is 4.99 Å². The molecule has 1 aliphatic rings. The highest BCUT2D eigenvalue weighted by molar-refractivity contribution is 6.02. The Bertz CT molecular complexity index is 290. The van der Waals surface area contributed by atoms with Gasteiger partial charge in [-0.2, -0.15) is 0 Å². The number of allylic oxidation sites excluding steroid dienone is 5. The smallest absolute Gasteiger partial charge is 0.0447 e. The maximum atomic E-state index is 4.32. The normalized spacial score (nSPS) is 17.4. The lowest BCUT2D eigenvalue weighted by Crippen LogP contribution is -1.95. The number of rotatable bonds is 2. The second-order valence-electron chi connectivity index (χ2n) is 3.23. The third kappa shape index (κ3) is 1.94. The van der Waals surface area contributed by atoms with Gasteiger partial charge in [-0.25, -0.2) is 0 Å². The summed E-state index contributed by atoms with van der Waals surface area (Å²) >= 11 is 0. The minimum atomic E-state index is 0.869. The Hall–Kier alpha value is -1.11. The van der Waals surface area contributed by atoms with E-state index in [9.17, 15) is 0 Å². The second kappa shape index (κ2) is 3.53. The number of hydrogen-bond acceptors (Lipinski definition) is 1. The number of nitrogens with zero attached hydrogens (tertiary/aromatic N) is 1. The molecule has 0 aromatic heterocycles. The summed E-state index contributed by atoms with van der Waals surface area (Å²) in [5.74, 6) is 0. The van der Waals surface area contributed by atoms with Gasteiger partial charge in [-0.05, 0) is 32.8 Å². The van der Waals surface area contributed by atoms with Crippen LogP contribution in [0.3, 0.4) is 0 Å². The van der Waals surface area contributed by atoms with Crippen molar-refractivity contribution in [2.45, 2.75) is 27.2 Å². The molecule has 0 heterocycles. The van der Waals surface area contributed by atoms with Crippen LogP contribution in [0.5, 0.6) is 0 Å². The van der Waals surface area contributed by atoms with Gasteiger partial charge in [0.15, 0.2) is 0 Å². The summed E-state index contributed by atoms with van der Waals surface area (Å²) in [5, 5.41) is 0. The molecule has 0 unspecified atom stereocenters. The molecule has 0 aliphatic heterocycles.